The lowest BCUT2D eigenvalue weighted by molar-refractivity contribution is 0.0600. The molecule has 5 nitrogen and oxygen atoms in total. The third-order valence-electron chi connectivity index (χ3n) is 2.96. The number of rotatable bonds is 4. The maximum atomic E-state index is 11.4. The lowest BCUT2D eigenvalue weighted by atomic mass is 10.1. The highest BCUT2D eigenvalue weighted by Crippen LogP contribution is 2.16. The Morgan fingerprint density at radius 2 is 1.64 bits per heavy atom. The number of sulfone groups is 1. The molecule has 0 saturated heterocycles. The number of ether oxygens (including phenoxy) is 1. The van der Waals surface area contributed by atoms with Crippen LogP contribution in [0.25, 0.3) is 0 Å². The number of carbonyl (C=O) groups is 1. The Hall–Kier alpha value is -2.47. The number of nitrogens with zero attached hydrogens (tertiary/aromatic N) is 1. The molecule has 0 aromatic heterocycles. The number of benzene rings is 2. The first-order valence-corrected chi connectivity index (χ1v) is 8.32. The zero-order valence-electron chi connectivity index (χ0n) is 12.2. The zero-order chi connectivity index (χ0) is 16.2. The van der Waals surface area contributed by atoms with Crippen LogP contribution in [0.4, 0.5) is 5.69 Å². The van der Waals surface area contributed by atoms with Crippen LogP contribution in [0.2, 0.25) is 0 Å². The Morgan fingerprint density at radius 3 is 2.14 bits per heavy atom. The number of hydrogen-bond donors (Lipinski definition) is 0. The van der Waals surface area contributed by atoms with Crippen LogP contribution in [0.3, 0.4) is 0 Å². The lowest BCUT2D eigenvalue weighted by Crippen LogP contribution is -2.00. The maximum Gasteiger partial charge on any atom is 0.337 e. The largest absolute Gasteiger partial charge is 0.465 e. The van der Waals surface area contributed by atoms with Crippen molar-refractivity contribution in [1.29, 1.82) is 0 Å². The Kier molecular flexibility index (Phi) is 4.72. The summed E-state index contributed by atoms with van der Waals surface area (Å²) in [4.78, 5) is 15.8. The van der Waals surface area contributed by atoms with Gasteiger partial charge in [-0.05, 0) is 42.0 Å². The van der Waals surface area contributed by atoms with E-state index >= 15 is 0 Å². The molecule has 0 aliphatic rings. The van der Waals surface area contributed by atoms with Gasteiger partial charge in [0.05, 0.1) is 23.3 Å². The van der Waals surface area contributed by atoms with Gasteiger partial charge >= 0.3 is 5.97 Å². The van der Waals surface area contributed by atoms with Crippen molar-refractivity contribution in [2.75, 3.05) is 13.4 Å². The van der Waals surface area contributed by atoms with Gasteiger partial charge in [0.25, 0.3) is 0 Å². The molecule has 0 amide bonds. The fourth-order valence-corrected chi connectivity index (χ4v) is 2.38. The summed E-state index contributed by atoms with van der Waals surface area (Å²) in [7, 11) is -1.87. The van der Waals surface area contributed by atoms with Gasteiger partial charge in [0.2, 0.25) is 0 Å². The molecule has 2 rings (SSSR count). The number of methoxy groups -OCH3 is 1. The molecule has 0 saturated carbocycles. The van der Waals surface area contributed by atoms with Gasteiger partial charge in [0.1, 0.15) is 0 Å². The lowest BCUT2D eigenvalue weighted by Gasteiger charge is -2.00. The fourth-order valence-electron chi connectivity index (χ4n) is 1.75. The van der Waals surface area contributed by atoms with Gasteiger partial charge in [0.15, 0.2) is 9.84 Å². The summed E-state index contributed by atoms with van der Waals surface area (Å²) in [5.74, 6) is -0.389. The van der Waals surface area contributed by atoms with E-state index in [0.717, 1.165) is 11.8 Å². The van der Waals surface area contributed by atoms with Crippen LogP contribution >= 0.6 is 0 Å². The topological polar surface area (TPSA) is 72.8 Å². The van der Waals surface area contributed by atoms with E-state index in [1.165, 1.54) is 19.2 Å². The summed E-state index contributed by atoms with van der Waals surface area (Å²) in [5.41, 5.74) is 1.93. The van der Waals surface area contributed by atoms with Crippen LogP contribution in [0.15, 0.2) is 58.4 Å². The summed E-state index contributed by atoms with van der Waals surface area (Å²) in [6.07, 6.45) is 2.80. The third-order valence-corrected chi connectivity index (χ3v) is 4.09. The molecule has 2 aromatic carbocycles. The van der Waals surface area contributed by atoms with E-state index < -0.39 is 9.84 Å². The van der Waals surface area contributed by atoms with E-state index in [0.29, 0.717) is 11.3 Å². The van der Waals surface area contributed by atoms with E-state index in [1.54, 1.807) is 42.6 Å². The number of hydrogen-bond acceptors (Lipinski definition) is 5. The molecule has 0 aliphatic carbocycles. The minimum atomic E-state index is -3.20. The fraction of sp³-hybridized carbons (Fsp3) is 0.125. The maximum absolute atomic E-state index is 11.4. The molecule has 22 heavy (non-hydrogen) atoms. The molecule has 0 bridgehead atoms. The Labute approximate surface area is 129 Å². The van der Waals surface area contributed by atoms with Crippen molar-refractivity contribution in [2.45, 2.75) is 4.90 Å². The van der Waals surface area contributed by atoms with Crippen LogP contribution in [-0.4, -0.2) is 34.0 Å². The van der Waals surface area contributed by atoms with Gasteiger partial charge in [-0.15, -0.1) is 0 Å². The highest BCUT2D eigenvalue weighted by atomic mass is 32.2. The molecule has 0 spiro atoms. The summed E-state index contributed by atoms with van der Waals surface area (Å²) in [6, 6.07) is 13.1. The molecule has 0 fully saturated rings. The Balaban J connectivity index is 2.13. The van der Waals surface area contributed by atoms with E-state index in [-0.39, 0.29) is 10.9 Å². The predicted octanol–water partition coefficient (Wildman–Crippen LogP) is 2.63. The van der Waals surface area contributed by atoms with Gasteiger partial charge < -0.3 is 4.74 Å². The molecule has 0 radical (unpaired) electrons. The number of aliphatic imine (C=N–C) groups is 1. The van der Waals surface area contributed by atoms with Gasteiger partial charge in [-0.25, -0.2) is 13.2 Å². The summed E-state index contributed by atoms with van der Waals surface area (Å²) in [6.45, 7) is 0. The van der Waals surface area contributed by atoms with E-state index in [2.05, 4.69) is 9.73 Å². The first-order chi connectivity index (χ1) is 10.4. The molecule has 0 atom stereocenters. The monoisotopic (exact) mass is 317 g/mol. The molecule has 6 heteroatoms. The zero-order valence-corrected chi connectivity index (χ0v) is 13.0. The van der Waals surface area contributed by atoms with Crippen molar-refractivity contribution in [3.05, 3.63) is 59.7 Å². The first kappa shape index (κ1) is 15.9. The molecule has 0 aliphatic heterocycles. The first-order valence-electron chi connectivity index (χ1n) is 6.43. The molecular formula is C16H15NO4S. The number of esters is 1. The van der Waals surface area contributed by atoms with Crippen LogP contribution in [-0.2, 0) is 14.6 Å². The summed E-state index contributed by atoms with van der Waals surface area (Å²) in [5, 5.41) is 0. The van der Waals surface area contributed by atoms with Gasteiger partial charge in [-0.1, -0.05) is 12.1 Å². The smallest absolute Gasteiger partial charge is 0.337 e. The Morgan fingerprint density at radius 1 is 1.05 bits per heavy atom. The third kappa shape index (κ3) is 4.02. The SMILES string of the molecule is COC(=O)c1ccc(C=Nc2ccc(S(C)(=O)=O)cc2)cc1. The van der Waals surface area contributed by atoms with Gasteiger partial charge in [-0.3, -0.25) is 4.99 Å². The molecule has 0 N–H and O–H groups in total. The van der Waals surface area contributed by atoms with Crippen LogP contribution in [0.5, 0.6) is 0 Å². The molecule has 114 valence electrons. The van der Waals surface area contributed by atoms with Crippen LogP contribution in [0, 0.1) is 0 Å². The van der Waals surface area contributed by atoms with Crippen molar-refractivity contribution in [3.8, 4) is 0 Å². The highest BCUT2D eigenvalue weighted by Gasteiger charge is 2.05. The van der Waals surface area contributed by atoms with Crippen molar-refractivity contribution in [3.63, 3.8) is 0 Å². The van der Waals surface area contributed by atoms with E-state index in [1.807, 2.05) is 0 Å². The van der Waals surface area contributed by atoms with Crippen LogP contribution < -0.4 is 0 Å². The van der Waals surface area contributed by atoms with Crippen molar-refractivity contribution in [2.24, 2.45) is 4.99 Å². The van der Waals surface area contributed by atoms with Crippen molar-refractivity contribution >= 4 is 27.7 Å². The average molecular weight is 317 g/mol. The molecule has 2 aromatic rings. The standard InChI is InChI=1S/C16H15NO4S/c1-21-16(18)13-5-3-12(4-6-13)11-17-14-7-9-15(10-8-14)22(2,19)20/h3-11H,1-2H3. The van der Waals surface area contributed by atoms with E-state index in [9.17, 15) is 13.2 Å². The normalized spacial score (nSPS) is 11.5. The summed E-state index contributed by atoms with van der Waals surface area (Å²) < 4.78 is 27.3. The van der Waals surface area contributed by atoms with Gasteiger partial charge in [0, 0.05) is 12.5 Å². The molecule has 0 heterocycles. The van der Waals surface area contributed by atoms with Crippen molar-refractivity contribution < 1.29 is 17.9 Å². The minimum Gasteiger partial charge on any atom is -0.465 e. The predicted molar refractivity (Wildman–Crippen MR) is 84.6 cm³/mol. The molecule has 0 unspecified atom stereocenters. The van der Waals surface area contributed by atoms with Crippen LogP contribution in [0.1, 0.15) is 15.9 Å². The minimum absolute atomic E-state index is 0.258. The quantitative estimate of drug-likeness (QED) is 0.642. The Bertz CT molecular complexity index is 791. The second-order valence-corrected chi connectivity index (χ2v) is 6.65. The second kappa shape index (κ2) is 6.53. The molecular weight excluding hydrogens is 302 g/mol. The second-order valence-electron chi connectivity index (χ2n) is 4.64. The highest BCUT2D eigenvalue weighted by molar-refractivity contribution is 7.90. The summed E-state index contributed by atoms with van der Waals surface area (Å²) >= 11 is 0. The van der Waals surface area contributed by atoms with Gasteiger partial charge in [-0.2, -0.15) is 0 Å². The average Bonchev–Trinajstić information content (AvgIpc) is 2.52. The van der Waals surface area contributed by atoms with Crippen molar-refractivity contribution in [1.82, 2.24) is 0 Å². The number of carbonyl (C=O) groups excluding carboxylic acids is 1. The van der Waals surface area contributed by atoms with E-state index in [4.69, 9.17) is 0 Å².